The maximum atomic E-state index is 13.4. The van der Waals surface area contributed by atoms with Crippen molar-refractivity contribution in [2.24, 2.45) is 0 Å². The molecule has 1 amide bonds. The van der Waals surface area contributed by atoms with Gasteiger partial charge in [0, 0.05) is 28.1 Å². The number of nitrogens with zero attached hydrogens (tertiary/aromatic N) is 3. The molecule has 11 heteroatoms. The Morgan fingerprint density at radius 2 is 1.79 bits per heavy atom. The number of fused-ring (bicyclic) bond motifs is 5. The van der Waals surface area contributed by atoms with Gasteiger partial charge in [-0.05, 0) is 105 Å². The number of carbonyl (C=O) groups excluding carboxylic acids is 2. The first kappa shape index (κ1) is 32.2. The Morgan fingerprint density at radius 1 is 1.02 bits per heavy atom. The molecule has 2 aromatic carbocycles. The highest BCUT2D eigenvalue weighted by atomic mass is 32.2. The van der Waals surface area contributed by atoms with Crippen LogP contribution in [0.1, 0.15) is 115 Å². The lowest BCUT2D eigenvalue weighted by Gasteiger charge is -2.24. The SMILES string of the molecule is CCOC(=O)c1ncn(C2CC2)c1C1=Cc2cc(OC)ccc2-c2c(C3CCCCC3)c3ccc(C(=O)NS(=O)(=O)C(C)C)cc3n2C1. The standard InChI is InChI=1S/C37H42N4O6S/c1-5-47-37(43)33-34(41(21-38-33)27-12-13-27)26-17-25-18-28(46-4)14-16-29(25)35-32(23-9-7-6-8-10-23)30-15-11-24(19-31(30)40(35)20-26)36(42)39-48(44,45)22(2)3/h11,14-19,21-23,27H,5-10,12-13,20H2,1-4H3,(H,39,42). The number of aromatic nitrogens is 3. The van der Waals surface area contributed by atoms with Crippen molar-refractivity contribution >= 4 is 44.5 Å². The highest BCUT2D eigenvalue weighted by Crippen LogP contribution is 2.48. The molecule has 0 bridgehead atoms. The molecule has 3 aliphatic rings. The van der Waals surface area contributed by atoms with Gasteiger partial charge in [-0.2, -0.15) is 0 Å². The van der Waals surface area contributed by atoms with Crippen LogP contribution in [-0.2, 0) is 21.3 Å². The fraction of sp³-hybridized carbons (Fsp3) is 0.432. The Balaban J connectivity index is 1.49. The molecule has 2 aromatic heterocycles. The summed E-state index contributed by atoms with van der Waals surface area (Å²) in [4.78, 5) is 31.3. The van der Waals surface area contributed by atoms with E-state index in [1.807, 2.05) is 24.3 Å². The molecule has 0 atom stereocenters. The third-order valence-electron chi connectivity index (χ3n) is 9.91. The quantitative estimate of drug-likeness (QED) is 0.189. The van der Waals surface area contributed by atoms with Crippen molar-refractivity contribution in [2.45, 2.75) is 89.5 Å². The summed E-state index contributed by atoms with van der Waals surface area (Å²) in [6.07, 6.45) is 11.5. The van der Waals surface area contributed by atoms with E-state index in [-0.39, 0.29) is 23.9 Å². The van der Waals surface area contributed by atoms with E-state index in [0.717, 1.165) is 83.3 Å². The van der Waals surface area contributed by atoms with Crippen LogP contribution in [0.15, 0.2) is 42.7 Å². The van der Waals surface area contributed by atoms with Gasteiger partial charge in [-0.1, -0.05) is 25.3 Å². The number of methoxy groups -OCH3 is 1. The summed E-state index contributed by atoms with van der Waals surface area (Å²) in [5.74, 6) is -0.0816. The summed E-state index contributed by atoms with van der Waals surface area (Å²) in [7, 11) is -2.17. The van der Waals surface area contributed by atoms with Crippen LogP contribution in [0.5, 0.6) is 5.75 Å². The Kier molecular flexibility index (Phi) is 8.43. The Labute approximate surface area is 281 Å². The first-order chi connectivity index (χ1) is 23.1. The van der Waals surface area contributed by atoms with E-state index in [1.165, 1.54) is 12.0 Å². The molecular weight excluding hydrogens is 628 g/mol. The molecule has 2 fully saturated rings. The minimum absolute atomic E-state index is 0.238. The van der Waals surface area contributed by atoms with Gasteiger partial charge in [-0.3, -0.25) is 4.79 Å². The molecule has 1 aliphatic heterocycles. The van der Waals surface area contributed by atoms with Crippen LogP contribution in [0.25, 0.3) is 33.8 Å². The van der Waals surface area contributed by atoms with Crippen molar-refractivity contribution in [2.75, 3.05) is 13.7 Å². The Bertz CT molecular complexity index is 2060. The number of allylic oxidation sites excluding steroid dienone is 1. The second-order valence-electron chi connectivity index (χ2n) is 13.4. The van der Waals surface area contributed by atoms with Crippen molar-refractivity contribution in [3.05, 3.63) is 70.8 Å². The van der Waals surface area contributed by atoms with E-state index in [4.69, 9.17) is 9.47 Å². The van der Waals surface area contributed by atoms with Crippen molar-refractivity contribution in [1.82, 2.24) is 18.8 Å². The van der Waals surface area contributed by atoms with Gasteiger partial charge in [0.2, 0.25) is 10.0 Å². The maximum absolute atomic E-state index is 13.4. The highest BCUT2D eigenvalue weighted by molar-refractivity contribution is 7.90. The number of ether oxygens (including phenoxy) is 2. The molecule has 3 heterocycles. The lowest BCUT2D eigenvalue weighted by atomic mass is 9.81. The number of hydrogen-bond donors (Lipinski definition) is 1. The van der Waals surface area contributed by atoms with Crippen LogP contribution in [0, 0.1) is 0 Å². The number of benzene rings is 2. The van der Waals surface area contributed by atoms with Crippen LogP contribution in [0.3, 0.4) is 0 Å². The number of esters is 1. The second kappa shape index (κ2) is 12.6. The summed E-state index contributed by atoms with van der Waals surface area (Å²) >= 11 is 0. The van der Waals surface area contributed by atoms with Crippen LogP contribution in [0.4, 0.5) is 0 Å². The van der Waals surface area contributed by atoms with Crippen molar-refractivity contribution in [3.63, 3.8) is 0 Å². The molecule has 2 aliphatic carbocycles. The summed E-state index contributed by atoms with van der Waals surface area (Å²) in [5.41, 5.74) is 7.32. The molecule has 0 saturated heterocycles. The highest BCUT2D eigenvalue weighted by Gasteiger charge is 2.35. The van der Waals surface area contributed by atoms with Gasteiger partial charge in [0.05, 0.1) is 43.2 Å². The molecular formula is C37H42N4O6S. The number of nitrogens with one attached hydrogen (secondary N) is 1. The first-order valence-electron chi connectivity index (χ1n) is 17.0. The molecule has 10 nitrogen and oxygen atoms in total. The lowest BCUT2D eigenvalue weighted by Crippen LogP contribution is -2.35. The van der Waals surface area contributed by atoms with Gasteiger partial charge in [-0.15, -0.1) is 0 Å². The molecule has 252 valence electrons. The third-order valence-corrected chi connectivity index (χ3v) is 11.6. The van der Waals surface area contributed by atoms with Crippen LogP contribution in [0.2, 0.25) is 0 Å². The van der Waals surface area contributed by atoms with Gasteiger partial charge >= 0.3 is 5.97 Å². The molecule has 2 saturated carbocycles. The number of hydrogen-bond acceptors (Lipinski definition) is 7. The van der Waals surface area contributed by atoms with E-state index in [2.05, 4.69) is 31.0 Å². The summed E-state index contributed by atoms with van der Waals surface area (Å²) in [6, 6.07) is 11.9. The van der Waals surface area contributed by atoms with Gasteiger partial charge in [0.25, 0.3) is 5.91 Å². The molecule has 0 radical (unpaired) electrons. The molecule has 1 N–H and O–H groups in total. The van der Waals surface area contributed by atoms with Gasteiger partial charge in [0.1, 0.15) is 5.75 Å². The van der Waals surface area contributed by atoms with Crippen molar-refractivity contribution < 1.29 is 27.5 Å². The van der Waals surface area contributed by atoms with Crippen molar-refractivity contribution in [3.8, 4) is 17.0 Å². The molecule has 4 aromatic rings. The number of sulfonamides is 1. The minimum atomic E-state index is -3.82. The molecule has 0 unspecified atom stereocenters. The van der Waals surface area contributed by atoms with Crippen molar-refractivity contribution in [1.29, 1.82) is 0 Å². The Hall–Kier alpha value is -4.38. The molecule has 48 heavy (non-hydrogen) atoms. The zero-order valence-electron chi connectivity index (χ0n) is 27.9. The predicted molar refractivity (Wildman–Crippen MR) is 186 cm³/mol. The molecule has 7 rings (SSSR count). The average molecular weight is 671 g/mol. The normalized spacial score (nSPS) is 16.6. The van der Waals surface area contributed by atoms with E-state index in [0.29, 0.717) is 12.5 Å². The maximum Gasteiger partial charge on any atom is 0.359 e. The van der Waals surface area contributed by atoms with Crippen LogP contribution < -0.4 is 9.46 Å². The second-order valence-corrected chi connectivity index (χ2v) is 15.6. The number of rotatable bonds is 9. The number of imidazole rings is 1. The Morgan fingerprint density at radius 3 is 2.48 bits per heavy atom. The fourth-order valence-electron chi connectivity index (χ4n) is 7.29. The lowest BCUT2D eigenvalue weighted by molar-refractivity contribution is 0.0519. The van der Waals surface area contributed by atoms with E-state index in [1.54, 1.807) is 40.3 Å². The van der Waals surface area contributed by atoms with Gasteiger partial charge in [0.15, 0.2) is 5.69 Å². The molecule has 0 spiro atoms. The van der Waals surface area contributed by atoms with Crippen LogP contribution >= 0.6 is 0 Å². The van der Waals surface area contributed by atoms with E-state index in [9.17, 15) is 18.0 Å². The largest absolute Gasteiger partial charge is 0.497 e. The zero-order chi connectivity index (χ0) is 33.7. The minimum Gasteiger partial charge on any atom is -0.497 e. The third kappa shape index (κ3) is 5.71. The van der Waals surface area contributed by atoms with Gasteiger partial charge in [-0.25, -0.2) is 22.9 Å². The predicted octanol–water partition coefficient (Wildman–Crippen LogP) is 7.09. The average Bonchev–Trinajstić information content (AvgIpc) is 3.78. The summed E-state index contributed by atoms with van der Waals surface area (Å²) in [6.45, 7) is 5.50. The zero-order valence-corrected chi connectivity index (χ0v) is 28.7. The summed E-state index contributed by atoms with van der Waals surface area (Å²) < 4.78 is 43.1. The van der Waals surface area contributed by atoms with Crippen LogP contribution in [-0.4, -0.2) is 53.4 Å². The van der Waals surface area contributed by atoms with Gasteiger partial charge < -0.3 is 18.6 Å². The number of amides is 1. The summed E-state index contributed by atoms with van der Waals surface area (Å²) in [5, 5.41) is 0.295. The van der Waals surface area contributed by atoms with E-state index < -0.39 is 27.1 Å². The first-order valence-corrected chi connectivity index (χ1v) is 18.5. The topological polar surface area (TPSA) is 122 Å². The monoisotopic (exact) mass is 670 g/mol. The van der Waals surface area contributed by atoms with E-state index >= 15 is 0 Å². The smallest absolute Gasteiger partial charge is 0.359 e. The number of carbonyl (C=O) groups is 2. The fourth-order valence-corrected chi connectivity index (χ4v) is 7.90.